The van der Waals surface area contributed by atoms with Gasteiger partial charge in [-0.3, -0.25) is 0 Å². The van der Waals surface area contributed by atoms with Crippen molar-refractivity contribution in [3.8, 4) is 44.5 Å². The van der Waals surface area contributed by atoms with Gasteiger partial charge in [0.25, 0.3) is 0 Å². The van der Waals surface area contributed by atoms with Crippen LogP contribution in [0.3, 0.4) is 0 Å². The van der Waals surface area contributed by atoms with Gasteiger partial charge in [-0.25, -0.2) is 0 Å². The number of benzene rings is 6. The third kappa shape index (κ3) is 4.59. The van der Waals surface area contributed by atoms with E-state index in [1.165, 1.54) is 60.8 Å². The Morgan fingerprint density at radius 2 is 0.730 bits per heavy atom. The highest BCUT2D eigenvalue weighted by Gasteiger charge is 2.15. The van der Waals surface area contributed by atoms with Crippen molar-refractivity contribution in [2.45, 2.75) is 19.8 Å². The van der Waals surface area contributed by atoms with Gasteiger partial charge < -0.3 is 0 Å². The van der Waals surface area contributed by atoms with Crippen LogP contribution in [0, 0.1) is 0 Å². The summed E-state index contributed by atoms with van der Waals surface area (Å²) in [7, 11) is 0. The number of hydrogen-bond donors (Lipinski definition) is 0. The van der Waals surface area contributed by atoms with Crippen LogP contribution in [0.15, 0.2) is 140 Å². The molecule has 0 heterocycles. The van der Waals surface area contributed by atoms with Gasteiger partial charge in [0, 0.05) is 0 Å². The molecule has 0 aliphatic carbocycles. The Morgan fingerprint density at radius 3 is 1.14 bits per heavy atom. The van der Waals surface area contributed by atoms with Gasteiger partial charge in [-0.1, -0.05) is 129 Å². The van der Waals surface area contributed by atoms with Gasteiger partial charge in [-0.15, -0.1) is 0 Å². The standard InChI is InChI=1S/C37H30/c1-26(2)27-18-20-31(21-19-27)35-23-33(29-14-8-4-9-15-29)24-36-34(30-16-10-5-11-17-30)22-32(25-37(35)36)28-12-6-3-7-13-28/h3-26H,1-2H3. The van der Waals surface area contributed by atoms with Crippen LogP contribution in [0.1, 0.15) is 25.3 Å². The summed E-state index contributed by atoms with van der Waals surface area (Å²) in [6.07, 6.45) is 0. The minimum atomic E-state index is 0.510. The molecule has 0 fully saturated rings. The second-order valence-electron chi connectivity index (χ2n) is 10.0. The van der Waals surface area contributed by atoms with Crippen molar-refractivity contribution in [3.63, 3.8) is 0 Å². The van der Waals surface area contributed by atoms with E-state index >= 15 is 0 Å². The first-order valence-corrected chi connectivity index (χ1v) is 13.1. The van der Waals surface area contributed by atoms with E-state index in [0.29, 0.717) is 5.92 Å². The molecule has 0 atom stereocenters. The maximum absolute atomic E-state index is 2.37. The molecule has 37 heavy (non-hydrogen) atoms. The van der Waals surface area contributed by atoms with Crippen molar-refractivity contribution in [2.24, 2.45) is 0 Å². The van der Waals surface area contributed by atoms with E-state index in [-0.39, 0.29) is 0 Å². The molecular formula is C37H30. The molecular weight excluding hydrogens is 444 g/mol. The van der Waals surface area contributed by atoms with E-state index < -0.39 is 0 Å². The molecule has 178 valence electrons. The molecule has 0 amide bonds. The molecule has 0 nitrogen and oxygen atoms in total. The quantitative estimate of drug-likeness (QED) is 0.233. The zero-order valence-corrected chi connectivity index (χ0v) is 21.4. The first-order chi connectivity index (χ1) is 18.2. The van der Waals surface area contributed by atoms with Crippen LogP contribution in [0.2, 0.25) is 0 Å². The van der Waals surface area contributed by atoms with Crippen LogP contribution in [0.4, 0.5) is 0 Å². The predicted octanol–water partition coefficient (Wildman–Crippen LogP) is 10.6. The Morgan fingerprint density at radius 1 is 0.351 bits per heavy atom. The molecule has 0 aliphatic rings. The lowest BCUT2D eigenvalue weighted by molar-refractivity contribution is 0.867. The van der Waals surface area contributed by atoms with Gasteiger partial charge in [0.2, 0.25) is 0 Å². The van der Waals surface area contributed by atoms with Crippen molar-refractivity contribution >= 4 is 10.8 Å². The number of fused-ring (bicyclic) bond motifs is 1. The molecule has 6 aromatic carbocycles. The topological polar surface area (TPSA) is 0 Å². The van der Waals surface area contributed by atoms with E-state index in [2.05, 4.69) is 153 Å². The third-order valence-electron chi connectivity index (χ3n) is 7.26. The number of rotatable bonds is 5. The molecule has 6 aromatic rings. The summed E-state index contributed by atoms with van der Waals surface area (Å²) >= 11 is 0. The second kappa shape index (κ2) is 9.91. The van der Waals surface area contributed by atoms with Crippen LogP contribution < -0.4 is 0 Å². The Balaban J connectivity index is 1.70. The van der Waals surface area contributed by atoms with Crippen molar-refractivity contribution in [3.05, 3.63) is 145 Å². The van der Waals surface area contributed by atoms with Crippen LogP contribution in [0.5, 0.6) is 0 Å². The van der Waals surface area contributed by atoms with Gasteiger partial charge in [-0.05, 0) is 91.0 Å². The molecule has 0 aromatic heterocycles. The van der Waals surface area contributed by atoms with E-state index in [4.69, 9.17) is 0 Å². The molecule has 0 heteroatoms. The van der Waals surface area contributed by atoms with E-state index in [1.807, 2.05) is 0 Å². The SMILES string of the molecule is CC(C)c1ccc(-c2cc(-c3ccccc3)cc3c(-c4ccccc4)cc(-c4ccccc4)cc23)cc1. The maximum atomic E-state index is 2.37. The van der Waals surface area contributed by atoms with Crippen molar-refractivity contribution in [1.82, 2.24) is 0 Å². The fourth-order valence-electron chi connectivity index (χ4n) is 5.20. The molecule has 0 unspecified atom stereocenters. The highest BCUT2D eigenvalue weighted by molar-refractivity contribution is 6.09. The van der Waals surface area contributed by atoms with Crippen molar-refractivity contribution in [1.29, 1.82) is 0 Å². The summed E-state index contributed by atoms with van der Waals surface area (Å²) < 4.78 is 0. The average molecular weight is 475 g/mol. The van der Waals surface area contributed by atoms with Crippen LogP contribution in [0.25, 0.3) is 55.3 Å². The summed E-state index contributed by atoms with van der Waals surface area (Å²) in [5, 5.41) is 2.55. The fourth-order valence-corrected chi connectivity index (χ4v) is 5.20. The van der Waals surface area contributed by atoms with E-state index in [9.17, 15) is 0 Å². The normalized spacial score (nSPS) is 11.2. The van der Waals surface area contributed by atoms with Gasteiger partial charge in [0.1, 0.15) is 0 Å². The summed E-state index contributed by atoms with van der Waals surface area (Å²) in [4.78, 5) is 0. The van der Waals surface area contributed by atoms with Gasteiger partial charge in [0.15, 0.2) is 0 Å². The predicted molar refractivity (Wildman–Crippen MR) is 160 cm³/mol. The van der Waals surface area contributed by atoms with Crippen LogP contribution >= 0.6 is 0 Å². The van der Waals surface area contributed by atoms with Crippen LogP contribution in [-0.2, 0) is 0 Å². The average Bonchev–Trinajstić information content (AvgIpc) is 2.97. The molecule has 0 N–H and O–H groups in total. The summed E-state index contributed by atoms with van der Waals surface area (Å²) in [5.74, 6) is 0.510. The molecule has 0 radical (unpaired) electrons. The van der Waals surface area contributed by atoms with Crippen molar-refractivity contribution < 1.29 is 0 Å². The summed E-state index contributed by atoms with van der Waals surface area (Å²) in [6.45, 7) is 4.50. The van der Waals surface area contributed by atoms with Gasteiger partial charge >= 0.3 is 0 Å². The fraction of sp³-hybridized carbons (Fsp3) is 0.0811. The minimum Gasteiger partial charge on any atom is -0.0622 e. The zero-order chi connectivity index (χ0) is 25.2. The lowest BCUT2D eigenvalue weighted by Crippen LogP contribution is -1.92. The summed E-state index contributed by atoms with van der Waals surface area (Å²) in [5.41, 5.74) is 11.3. The van der Waals surface area contributed by atoms with E-state index in [0.717, 1.165) is 0 Å². The highest BCUT2D eigenvalue weighted by atomic mass is 14.2. The largest absolute Gasteiger partial charge is 0.0622 e. The summed E-state index contributed by atoms with van der Waals surface area (Å²) in [6, 6.07) is 50.8. The second-order valence-corrected chi connectivity index (χ2v) is 10.0. The van der Waals surface area contributed by atoms with Crippen molar-refractivity contribution in [2.75, 3.05) is 0 Å². The Kier molecular flexibility index (Phi) is 6.16. The van der Waals surface area contributed by atoms with Gasteiger partial charge in [-0.2, -0.15) is 0 Å². The maximum Gasteiger partial charge on any atom is -0.00926 e. The Labute approximate surface area is 219 Å². The van der Waals surface area contributed by atoms with Gasteiger partial charge in [0.05, 0.1) is 0 Å². The highest BCUT2D eigenvalue weighted by Crippen LogP contribution is 2.41. The Hall–Kier alpha value is -4.42. The van der Waals surface area contributed by atoms with Crippen LogP contribution in [-0.4, -0.2) is 0 Å². The smallest absolute Gasteiger partial charge is 0.00926 e. The monoisotopic (exact) mass is 474 g/mol. The minimum absolute atomic E-state index is 0.510. The molecule has 0 saturated carbocycles. The first-order valence-electron chi connectivity index (χ1n) is 13.1. The zero-order valence-electron chi connectivity index (χ0n) is 21.4. The lowest BCUT2D eigenvalue weighted by Gasteiger charge is -2.17. The molecule has 0 bridgehead atoms. The lowest BCUT2D eigenvalue weighted by atomic mass is 9.86. The van der Waals surface area contributed by atoms with E-state index in [1.54, 1.807) is 0 Å². The number of hydrogen-bond acceptors (Lipinski definition) is 0. The third-order valence-corrected chi connectivity index (χ3v) is 7.26. The molecule has 6 rings (SSSR count). The molecule has 0 spiro atoms. The molecule has 0 saturated heterocycles. The Bertz CT molecular complexity index is 1640. The molecule has 0 aliphatic heterocycles. The first kappa shape index (κ1) is 23.0.